The Morgan fingerprint density at radius 1 is 1.17 bits per heavy atom. The minimum Gasteiger partial charge on any atom is -0.358 e. The molecule has 7 heteroatoms. The standard InChI is InChI=1S/C23H30N4O3/c1-14-8-9-19-18(12-14)17(15(2)25-19)10-11-24-21(28)13-20-22(29)27(23(30)26-20)16-6-4-3-5-7-16/h8-9,12,16,20,25H,3-7,10-11,13H2,1-2H3,(H,24,28)(H,26,30)/t20-/m0/s1. The number of fused-ring (bicyclic) bond motifs is 1. The number of hydrogen-bond donors (Lipinski definition) is 3. The van der Waals surface area contributed by atoms with Crippen molar-refractivity contribution in [3.8, 4) is 0 Å². The molecule has 1 aromatic heterocycles. The number of imide groups is 1. The average Bonchev–Trinajstić information content (AvgIpc) is 3.17. The lowest BCUT2D eigenvalue weighted by Gasteiger charge is -2.28. The Labute approximate surface area is 176 Å². The Morgan fingerprint density at radius 2 is 1.93 bits per heavy atom. The van der Waals surface area contributed by atoms with Crippen molar-refractivity contribution in [1.82, 2.24) is 20.5 Å². The van der Waals surface area contributed by atoms with E-state index in [2.05, 4.69) is 40.7 Å². The molecule has 2 aliphatic rings. The SMILES string of the molecule is Cc1ccc2[nH]c(C)c(CCNC(=O)C[C@@H]3NC(=O)N(C4CCCCC4)C3=O)c2c1. The molecule has 1 saturated heterocycles. The second-order valence-corrected chi connectivity index (χ2v) is 8.58. The summed E-state index contributed by atoms with van der Waals surface area (Å²) in [6, 6.07) is 5.18. The molecular formula is C23H30N4O3. The second-order valence-electron chi connectivity index (χ2n) is 8.58. The molecule has 1 aromatic carbocycles. The number of nitrogens with zero attached hydrogens (tertiary/aromatic N) is 1. The van der Waals surface area contributed by atoms with Crippen molar-refractivity contribution in [2.75, 3.05) is 6.54 Å². The summed E-state index contributed by atoms with van der Waals surface area (Å²) in [5.41, 5.74) is 4.60. The lowest BCUT2D eigenvalue weighted by atomic mass is 9.94. The minimum absolute atomic E-state index is 0.0141. The number of aryl methyl sites for hydroxylation is 2. The van der Waals surface area contributed by atoms with Crippen LogP contribution >= 0.6 is 0 Å². The van der Waals surface area contributed by atoms with Gasteiger partial charge in [0.2, 0.25) is 5.91 Å². The lowest BCUT2D eigenvalue weighted by molar-refractivity contribution is -0.132. The Bertz CT molecular complexity index is 974. The predicted molar refractivity (Wildman–Crippen MR) is 115 cm³/mol. The van der Waals surface area contributed by atoms with E-state index < -0.39 is 6.04 Å². The number of amides is 4. The maximum atomic E-state index is 12.7. The summed E-state index contributed by atoms with van der Waals surface area (Å²) in [6.07, 6.45) is 5.66. The Hall–Kier alpha value is -2.83. The molecule has 160 valence electrons. The van der Waals surface area contributed by atoms with Gasteiger partial charge in [-0.05, 0) is 50.8 Å². The van der Waals surface area contributed by atoms with Gasteiger partial charge in [-0.1, -0.05) is 30.9 Å². The molecule has 0 bridgehead atoms. The molecule has 0 spiro atoms. The van der Waals surface area contributed by atoms with Crippen LogP contribution in [-0.2, 0) is 16.0 Å². The molecule has 4 rings (SSSR count). The van der Waals surface area contributed by atoms with E-state index in [0.717, 1.165) is 43.3 Å². The third kappa shape index (κ3) is 4.06. The van der Waals surface area contributed by atoms with Crippen LogP contribution in [0.4, 0.5) is 4.79 Å². The van der Waals surface area contributed by atoms with Crippen molar-refractivity contribution in [2.45, 2.75) is 70.9 Å². The first kappa shape index (κ1) is 20.4. The molecule has 4 amide bonds. The van der Waals surface area contributed by atoms with Crippen LogP contribution in [0.15, 0.2) is 18.2 Å². The predicted octanol–water partition coefficient (Wildman–Crippen LogP) is 3.09. The molecule has 1 saturated carbocycles. The normalized spacial score (nSPS) is 20.1. The molecule has 1 aliphatic heterocycles. The zero-order chi connectivity index (χ0) is 21.3. The molecule has 0 unspecified atom stereocenters. The Kier molecular flexibility index (Phi) is 5.79. The van der Waals surface area contributed by atoms with Crippen molar-refractivity contribution in [1.29, 1.82) is 0 Å². The van der Waals surface area contributed by atoms with Gasteiger partial charge < -0.3 is 15.6 Å². The van der Waals surface area contributed by atoms with Crippen molar-refractivity contribution in [3.63, 3.8) is 0 Å². The maximum absolute atomic E-state index is 12.7. The number of H-pyrrole nitrogens is 1. The highest BCUT2D eigenvalue weighted by Crippen LogP contribution is 2.26. The van der Waals surface area contributed by atoms with Crippen LogP contribution in [0.2, 0.25) is 0 Å². The summed E-state index contributed by atoms with van der Waals surface area (Å²) in [5.74, 6) is -0.474. The number of carbonyl (C=O) groups is 3. The third-order valence-corrected chi connectivity index (χ3v) is 6.35. The Morgan fingerprint density at radius 3 is 2.70 bits per heavy atom. The highest BCUT2D eigenvalue weighted by Gasteiger charge is 2.42. The summed E-state index contributed by atoms with van der Waals surface area (Å²) in [6.45, 7) is 4.59. The van der Waals surface area contributed by atoms with Crippen molar-refractivity contribution in [2.24, 2.45) is 0 Å². The van der Waals surface area contributed by atoms with E-state index in [4.69, 9.17) is 0 Å². The molecule has 3 N–H and O–H groups in total. The van der Waals surface area contributed by atoms with Gasteiger partial charge in [0.25, 0.3) is 5.91 Å². The minimum atomic E-state index is -0.753. The van der Waals surface area contributed by atoms with Gasteiger partial charge in [-0.15, -0.1) is 0 Å². The topological polar surface area (TPSA) is 94.3 Å². The van der Waals surface area contributed by atoms with Gasteiger partial charge in [0.1, 0.15) is 6.04 Å². The van der Waals surface area contributed by atoms with Crippen LogP contribution < -0.4 is 10.6 Å². The van der Waals surface area contributed by atoms with Gasteiger partial charge in [0.15, 0.2) is 0 Å². The number of nitrogens with one attached hydrogen (secondary N) is 3. The van der Waals surface area contributed by atoms with E-state index in [9.17, 15) is 14.4 Å². The number of urea groups is 1. The molecule has 2 aromatic rings. The highest BCUT2D eigenvalue weighted by atomic mass is 16.2. The van der Waals surface area contributed by atoms with Crippen LogP contribution in [0.1, 0.15) is 55.3 Å². The quantitative estimate of drug-likeness (QED) is 0.639. The van der Waals surface area contributed by atoms with Crippen LogP contribution in [0.25, 0.3) is 10.9 Å². The smallest absolute Gasteiger partial charge is 0.325 e. The van der Waals surface area contributed by atoms with Crippen LogP contribution in [0.5, 0.6) is 0 Å². The fraction of sp³-hybridized carbons (Fsp3) is 0.522. The van der Waals surface area contributed by atoms with Gasteiger partial charge in [-0.2, -0.15) is 0 Å². The van der Waals surface area contributed by atoms with E-state index in [1.54, 1.807) is 0 Å². The number of aromatic nitrogens is 1. The van der Waals surface area contributed by atoms with E-state index in [0.29, 0.717) is 13.0 Å². The summed E-state index contributed by atoms with van der Waals surface area (Å²) in [4.78, 5) is 42.2. The molecule has 2 heterocycles. The van der Waals surface area contributed by atoms with Crippen molar-refractivity contribution in [3.05, 3.63) is 35.0 Å². The molecular weight excluding hydrogens is 380 g/mol. The number of carbonyl (C=O) groups excluding carboxylic acids is 3. The highest BCUT2D eigenvalue weighted by molar-refractivity contribution is 6.06. The van der Waals surface area contributed by atoms with Gasteiger partial charge >= 0.3 is 6.03 Å². The third-order valence-electron chi connectivity index (χ3n) is 6.35. The number of aromatic amines is 1. The summed E-state index contributed by atoms with van der Waals surface area (Å²) in [5, 5.41) is 6.79. The van der Waals surface area contributed by atoms with E-state index in [1.807, 2.05) is 6.92 Å². The van der Waals surface area contributed by atoms with Gasteiger partial charge in [-0.25, -0.2) is 4.79 Å². The van der Waals surface area contributed by atoms with Gasteiger partial charge in [0.05, 0.1) is 6.42 Å². The molecule has 2 fully saturated rings. The Balaban J connectivity index is 1.31. The lowest BCUT2D eigenvalue weighted by Crippen LogP contribution is -2.42. The summed E-state index contributed by atoms with van der Waals surface area (Å²) >= 11 is 0. The average molecular weight is 411 g/mol. The monoisotopic (exact) mass is 410 g/mol. The van der Waals surface area contributed by atoms with Gasteiger partial charge in [-0.3, -0.25) is 14.5 Å². The van der Waals surface area contributed by atoms with Crippen LogP contribution in [0, 0.1) is 13.8 Å². The maximum Gasteiger partial charge on any atom is 0.325 e. The van der Waals surface area contributed by atoms with Crippen LogP contribution in [0.3, 0.4) is 0 Å². The van der Waals surface area contributed by atoms with Crippen molar-refractivity contribution >= 4 is 28.7 Å². The second kappa shape index (κ2) is 8.50. The largest absolute Gasteiger partial charge is 0.358 e. The number of hydrogen-bond acceptors (Lipinski definition) is 3. The summed E-state index contributed by atoms with van der Waals surface area (Å²) in [7, 11) is 0. The van der Waals surface area contributed by atoms with Gasteiger partial charge in [0, 0.05) is 29.2 Å². The van der Waals surface area contributed by atoms with E-state index in [-0.39, 0.29) is 30.3 Å². The first-order valence-electron chi connectivity index (χ1n) is 10.9. The molecule has 1 aliphatic carbocycles. The van der Waals surface area contributed by atoms with Crippen molar-refractivity contribution < 1.29 is 14.4 Å². The number of benzene rings is 1. The summed E-state index contributed by atoms with van der Waals surface area (Å²) < 4.78 is 0. The molecule has 30 heavy (non-hydrogen) atoms. The molecule has 7 nitrogen and oxygen atoms in total. The zero-order valence-corrected chi connectivity index (χ0v) is 17.7. The molecule has 0 radical (unpaired) electrons. The van der Waals surface area contributed by atoms with Crippen LogP contribution in [-0.4, -0.2) is 46.4 Å². The molecule has 1 atom stereocenters. The zero-order valence-electron chi connectivity index (χ0n) is 17.7. The van der Waals surface area contributed by atoms with E-state index >= 15 is 0 Å². The van der Waals surface area contributed by atoms with E-state index in [1.165, 1.54) is 21.4 Å². The first-order valence-corrected chi connectivity index (χ1v) is 10.9. The fourth-order valence-corrected chi connectivity index (χ4v) is 4.77. The number of rotatable bonds is 6. The fourth-order valence-electron chi connectivity index (χ4n) is 4.77. The first-order chi connectivity index (χ1) is 14.4.